The first-order chi connectivity index (χ1) is 11.6. The van der Waals surface area contributed by atoms with Crippen LogP contribution in [0.1, 0.15) is 35.8 Å². The van der Waals surface area contributed by atoms with Crippen molar-refractivity contribution in [2.24, 2.45) is 10.7 Å². The first kappa shape index (κ1) is 19.6. The van der Waals surface area contributed by atoms with Crippen LogP contribution in [0, 0.1) is 13.8 Å². The molecule has 2 aromatic rings. The molecular formula is C18H26IN5O. The maximum absolute atomic E-state index is 6.05. The average molecular weight is 455 g/mol. The van der Waals surface area contributed by atoms with Crippen LogP contribution in [-0.2, 0) is 6.54 Å². The fourth-order valence-corrected chi connectivity index (χ4v) is 3.04. The van der Waals surface area contributed by atoms with Gasteiger partial charge in [-0.25, -0.2) is 0 Å². The summed E-state index contributed by atoms with van der Waals surface area (Å²) >= 11 is 0. The van der Waals surface area contributed by atoms with E-state index in [0.29, 0.717) is 19.1 Å². The Bertz CT molecular complexity index is 728. The minimum absolute atomic E-state index is 0. The summed E-state index contributed by atoms with van der Waals surface area (Å²) in [5, 5.41) is 7.77. The van der Waals surface area contributed by atoms with Crippen LogP contribution in [-0.4, -0.2) is 28.9 Å². The Hall–Kier alpha value is -1.77. The van der Waals surface area contributed by atoms with Crippen molar-refractivity contribution in [2.75, 3.05) is 13.2 Å². The highest BCUT2D eigenvalue weighted by Crippen LogP contribution is 2.31. The number of halogens is 1. The Kier molecular flexibility index (Phi) is 7.10. The van der Waals surface area contributed by atoms with E-state index in [0.717, 1.165) is 36.4 Å². The molecule has 1 aromatic carbocycles. The molecule has 1 aliphatic rings. The van der Waals surface area contributed by atoms with Crippen molar-refractivity contribution >= 4 is 29.9 Å². The van der Waals surface area contributed by atoms with Crippen molar-refractivity contribution in [3.8, 4) is 5.75 Å². The van der Waals surface area contributed by atoms with Crippen molar-refractivity contribution in [3.63, 3.8) is 0 Å². The molecule has 1 unspecified atom stereocenters. The molecule has 6 nitrogen and oxygen atoms in total. The number of hydrogen-bond acceptors (Lipinski definition) is 3. The minimum Gasteiger partial charge on any atom is -0.493 e. The summed E-state index contributed by atoms with van der Waals surface area (Å²) in [5.74, 6) is 1.42. The molecule has 0 radical (unpaired) electrons. The molecule has 0 aliphatic carbocycles. The Morgan fingerprint density at radius 1 is 1.40 bits per heavy atom. The largest absolute Gasteiger partial charge is 0.493 e. The standard InChI is InChI=1S/C18H25N5O.HI/c1-13-12-14(2)23(22-13)10-5-9-20-18(19)21-16-8-11-24-17-7-4-3-6-15(16)17;/h3-4,6-7,12,16H,5,8-11H2,1-2H3,(H3,19,20,21);1H. The molecule has 7 heteroatoms. The summed E-state index contributed by atoms with van der Waals surface area (Å²) in [5.41, 5.74) is 9.43. The molecular weight excluding hydrogens is 429 g/mol. The zero-order chi connectivity index (χ0) is 16.9. The van der Waals surface area contributed by atoms with Crippen molar-refractivity contribution in [3.05, 3.63) is 47.3 Å². The number of guanidine groups is 1. The van der Waals surface area contributed by atoms with E-state index in [1.807, 2.05) is 29.8 Å². The summed E-state index contributed by atoms with van der Waals surface area (Å²) in [7, 11) is 0. The summed E-state index contributed by atoms with van der Waals surface area (Å²) < 4.78 is 7.68. The number of ether oxygens (including phenoxy) is 1. The number of nitrogens with zero attached hydrogens (tertiary/aromatic N) is 3. The number of aryl methyl sites for hydroxylation is 3. The first-order valence-electron chi connectivity index (χ1n) is 8.43. The smallest absolute Gasteiger partial charge is 0.189 e. The van der Waals surface area contributed by atoms with Gasteiger partial charge in [0.1, 0.15) is 5.75 Å². The Balaban J connectivity index is 0.00000225. The number of para-hydroxylation sites is 1. The second-order valence-corrected chi connectivity index (χ2v) is 6.14. The highest BCUT2D eigenvalue weighted by atomic mass is 127. The average Bonchev–Trinajstić information content (AvgIpc) is 2.89. The zero-order valence-corrected chi connectivity index (χ0v) is 17.1. The molecule has 0 fully saturated rings. The molecule has 0 bridgehead atoms. The van der Waals surface area contributed by atoms with Gasteiger partial charge >= 0.3 is 0 Å². The summed E-state index contributed by atoms with van der Waals surface area (Å²) in [6, 6.07) is 10.3. The van der Waals surface area contributed by atoms with Crippen molar-refractivity contribution in [1.29, 1.82) is 0 Å². The van der Waals surface area contributed by atoms with E-state index in [2.05, 4.69) is 34.5 Å². The zero-order valence-electron chi connectivity index (χ0n) is 14.7. The maximum atomic E-state index is 6.05. The second kappa shape index (κ2) is 9.07. The predicted octanol–water partition coefficient (Wildman–Crippen LogP) is 2.94. The summed E-state index contributed by atoms with van der Waals surface area (Å²) in [6.45, 7) is 6.32. The van der Waals surface area contributed by atoms with Crippen molar-refractivity contribution in [2.45, 2.75) is 39.3 Å². The van der Waals surface area contributed by atoms with E-state index in [9.17, 15) is 0 Å². The van der Waals surface area contributed by atoms with Crippen LogP contribution in [0.4, 0.5) is 0 Å². The molecule has 25 heavy (non-hydrogen) atoms. The van der Waals surface area contributed by atoms with Crippen LogP contribution in [0.15, 0.2) is 35.3 Å². The van der Waals surface area contributed by atoms with E-state index in [4.69, 9.17) is 10.5 Å². The lowest BCUT2D eigenvalue weighted by Crippen LogP contribution is -2.37. The molecule has 2 heterocycles. The normalized spacial score (nSPS) is 16.6. The van der Waals surface area contributed by atoms with E-state index in [-0.39, 0.29) is 30.0 Å². The highest BCUT2D eigenvalue weighted by Gasteiger charge is 2.21. The fraction of sp³-hybridized carbons (Fsp3) is 0.444. The molecule has 1 aliphatic heterocycles. The monoisotopic (exact) mass is 455 g/mol. The molecule has 0 saturated heterocycles. The maximum Gasteiger partial charge on any atom is 0.189 e. The summed E-state index contributed by atoms with van der Waals surface area (Å²) in [6.07, 6.45) is 1.80. The van der Waals surface area contributed by atoms with Gasteiger partial charge in [-0.15, -0.1) is 24.0 Å². The van der Waals surface area contributed by atoms with Gasteiger partial charge in [-0.05, 0) is 32.4 Å². The van der Waals surface area contributed by atoms with Gasteiger partial charge in [0, 0.05) is 30.8 Å². The predicted molar refractivity (Wildman–Crippen MR) is 111 cm³/mol. The molecule has 3 N–H and O–H groups in total. The molecule has 0 spiro atoms. The molecule has 3 rings (SSSR count). The van der Waals surface area contributed by atoms with E-state index in [1.165, 1.54) is 5.69 Å². The van der Waals surface area contributed by atoms with Crippen LogP contribution in [0.25, 0.3) is 0 Å². The SMILES string of the molecule is Cc1cc(C)n(CCCN=C(N)NC2CCOc3ccccc32)n1.I. The number of fused-ring (bicyclic) bond motifs is 1. The van der Waals surface area contributed by atoms with Gasteiger partial charge < -0.3 is 15.8 Å². The number of aliphatic imine (C=N–C) groups is 1. The van der Waals surface area contributed by atoms with Gasteiger partial charge in [-0.1, -0.05) is 18.2 Å². The van der Waals surface area contributed by atoms with Crippen LogP contribution in [0.2, 0.25) is 0 Å². The van der Waals surface area contributed by atoms with Crippen LogP contribution < -0.4 is 15.8 Å². The third-order valence-corrected chi connectivity index (χ3v) is 4.19. The van der Waals surface area contributed by atoms with Crippen LogP contribution in [0.3, 0.4) is 0 Å². The van der Waals surface area contributed by atoms with Gasteiger partial charge in [0.05, 0.1) is 18.3 Å². The molecule has 0 saturated carbocycles. The third-order valence-electron chi connectivity index (χ3n) is 4.19. The van der Waals surface area contributed by atoms with E-state index >= 15 is 0 Å². The third kappa shape index (κ3) is 5.10. The van der Waals surface area contributed by atoms with Gasteiger partial charge in [0.15, 0.2) is 5.96 Å². The Morgan fingerprint density at radius 2 is 2.20 bits per heavy atom. The minimum atomic E-state index is 0. The van der Waals surface area contributed by atoms with Crippen molar-refractivity contribution < 1.29 is 4.74 Å². The lowest BCUT2D eigenvalue weighted by atomic mass is 10.0. The van der Waals surface area contributed by atoms with Crippen LogP contribution in [0.5, 0.6) is 5.75 Å². The lowest BCUT2D eigenvalue weighted by Gasteiger charge is -2.26. The van der Waals surface area contributed by atoms with Gasteiger partial charge in [0.25, 0.3) is 0 Å². The molecule has 1 aromatic heterocycles. The number of rotatable bonds is 5. The highest BCUT2D eigenvalue weighted by molar-refractivity contribution is 14.0. The quantitative estimate of drug-likeness (QED) is 0.315. The Labute approximate surface area is 165 Å². The molecule has 136 valence electrons. The number of nitrogens with one attached hydrogen (secondary N) is 1. The molecule has 1 atom stereocenters. The van der Waals surface area contributed by atoms with E-state index in [1.54, 1.807) is 0 Å². The number of nitrogens with two attached hydrogens (primary N) is 1. The number of aromatic nitrogens is 2. The second-order valence-electron chi connectivity index (χ2n) is 6.14. The summed E-state index contributed by atoms with van der Waals surface area (Å²) in [4.78, 5) is 4.44. The van der Waals surface area contributed by atoms with Gasteiger partial charge in [-0.2, -0.15) is 5.10 Å². The van der Waals surface area contributed by atoms with Gasteiger partial charge in [-0.3, -0.25) is 9.67 Å². The number of hydrogen-bond donors (Lipinski definition) is 2. The molecule has 0 amide bonds. The van der Waals surface area contributed by atoms with E-state index < -0.39 is 0 Å². The fourth-order valence-electron chi connectivity index (χ4n) is 3.04. The van der Waals surface area contributed by atoms with Crippen molar-refractivity contribution in [1.82, 2.24) is 15.1 Å². The number of benzene rings is 1. The Morgan fingerprint density at radius 3 is 2.96 bits per heavy atom. The lowest BCUT2D eigenvalue weighted by molar-refractivity contribution is 0.262. The first-order valence-corrected chi connectivity index (χ1v) is 8.43. The van der Waals surface area contributed by atoms with Crippen LogP contribution >= 0.6 is 24.0 Å². The topological polar surface area (TPSA) is 77.5 Å². The van der Waals surface area contributed by atoms with Gasteiger partial charge in [0.2, 0.25) is 0 Å².